The van der Waals surface area contributed by atoms with Crippen LogP contribution in [-0.2, 0) is 4.79 Å². The molecular formula is C11H15N3O3. The number of anilines is 1. The molecule has 1 aromatic heterocycles. The Morgan fingerprint density at radius 1 is 1.59 bits per heavy atom. The first kappa shape index (κ1) is 11.6. The molecule has 0 bridgehead atoms. The first-order chi connectivity index (χ1) is 8.11. The highest BCUT2D eigenvalue weighted by Gasteiger charge is 2.38. The van der Waals surface area contributed by atoms with Crippen molar-refractivity contribution in [2.75, 3.05) is 11.9 Å². The van der Waals surface area contributed by atoms with Crippen molar-refractivity contribution < 1.29 is 9.90 Å². The largest absolute Gasteiger partial charge is 0.481 e. The molecule has 0 aliphatic heterocycles. The maximum absolute atomic E-state index is 11.4. The molecule has 17 heavy (non-hydrogen) atoms. The quantitative estimate of drug-likeness (QED) is 0.705. The number of carboxylic acid groups (broad SMARTS) is 1. The normalized spacial score (nSPS) is 17.2. The number of aromatic amines is 1. The van der Waals surface area contributed by atoms with Gasteiger partial charge in [-0.25, -0.2) is 4.98 Å². The zero-order valence-electron chi connectivity index (χ0n) is 9.40. The molecule has 1 heterocycles. The standard InChI is InChI=1S/C11H15N3O3/c15-8(16)6-11(2-1-3-11)7-14-9-10(17)13-5-4-12-9/h4-5H,1-3,6-7H2,(H,12,14)(H,13,17)(H,15,16). The van der Waals surface area contributed by atoms with Gasteiger partial charge in [-0.2, -0.15) is 0 Å². The number of nitrogens with zero attached hydrogens (tertiary/aromatic N) is 1. The molecule has 1 aliphatic carbocycles. The van der Waals surface area contributed by atoms with Crippen LogP contribution in [0.1, 0.15) is 25.7 Å². The lowest BCUT2D eigenvalue weighted by Gasteiger charge is -2.40. The third-order valence-corrected chi connectivity index (χ3v) is 3.28. The average Bonchev–Trinajstić information content (AvgIpc) is 2.23. The van der Waals surface area contributed by atoms with Crippen LogP contribution in [0.4, 0.5) is 5.82 Å². The van der Waals surface area contributed by atoms with E-state index in [0.29, 0.717) is 6.54 Å². The summed E-state index contributed by atoms with van der Waals surface area (Å²) < 4.78 is 0. The van der Waals surface area contributed by atoms with E-state index < -0.39 is 5.97 Å². The van der Waals surface area contributed by atoms with E-state index in [1.807, 2.05) is 0 Å². The molecule has 1 aliphatic rings. The maximum atomic E-state index is 11.4. The number of hydrogen-bond acceptors (Lipinski definition) is 4. The fourth-order valence-electron chi connectivity index (χ4n) is 2.16. The van der Waals surface area contributed by atoms with Crippen LogP contribution in [0.15, 0.2) is 17.2 Å². The van der Waals surface area contributed by atoms with Crippen LogP contribution in [0.2, 0.25) is 0 Å². The zero-order chi connectivity index (χ0) is 12.3. The second-order valence-electron chi connectivity index (χ2n) is 4.54. The molecular weight excluding hydrogens is 222 g/mol. The maximum Gasteiger partial charge on any atom is 0.303 e. The molecule has 92 valence electrons. The van der Waals surface area contributed by atoms with Crippen molar-refractivity contribution in [3.63, 3.8) is 0 Å². The van der Waals surface area contributed by atoms with Crippen LogP contribution in [0.3, 0.4) is 0 Å². The molecule has 0 spiro atoms. The number of rotatable bonds is 5. The van der Waals surface area contributed by atoms with Gasteiger partial charge in [-0.1, -0.05) is 6.42 Å². The monoisotopic (exact) mass is 237 g/mol. The minimum atomic E-state index is -0.790. The minimum absolute atomic E-state index is 0.144. The molecule has 0 aromatic carbocycles. The first-order valence-electron chi connectivity index (χ1n) is 5.61. The van der Waals surface area contributed by atoms with Crippen LogP contribution in [0.5, 0.6) is 0 Å². The second-order valence-corrected chi connectivity index (χ2v) is 4.54. The highest BCUT2D eigenvalue weighted by Crippen LogP contribution is 2.43. The van der Waals surface area contributed by atoms with Gasteiger partial charge in [-0.3, -0.25) is 9.59 Å². The number of H-pyrrole nitrogens is 1. The number of nitrogens with one attached hydrogen (secondary N) is 2. The molecule has 1 fully saturated rings. The van der Waals surface area contributed by atoms with Gasteiger partial charge in [0.15, 0.2) is 5.82 Å². The Balaban J connectivity index is 1.99. The van der Waals surface area contributed by atoms with Crippen LogP contribution in [-0.4, -0.2) is 27.6 Å². The molecule has 2 rings (SSSR count). The molecule has 0 saturated heterocycles. The third-order valence-electron chi connectivity index (χ3n) is 3.28. The van der Waals surface area contributed by atoms with Crippen LogP contribution < -0.4 is 10.9 Å². The molecule has 0 unspecified atom stereocenters. The van der Waals surface area contributed by atoms with Crippen molar-refractivity contribution in [2.24, 2.45) is 5.41 Å². The van der Waals surface area contributed by atoms with E-state index in [2.05, 4.69) is 15.3 Å². The topological polar surface area (TPSA) is 95.1 Å². The smallest absolute Gasteiger partial charge is 0.303 e. The Morgan fingerprint density at radius 2 is 2.35 bits per heavy atom. The summed E-state index contributed by atoms with van der Waals surface area (Å²) >= 11 is 0. The van der Waals surface area contributed by atoms with E-state index in [1.165, 1.54) is 12.4 Å². The van der Waals surface area contributed by atoms with Crippen LogP contribution >= 0.6 is 0 Å². The first-order valence-corrected chi connectivity index (χ1v) is 5.61. The number of aliphatic carboxylic acids is 1. The molecule has 1 saturated carbocycles. The Kier molecular flexibility index (Phi) is 3.12. The summed E-state index contributed by atoms with van der Waals surface area (Å²) in [5, 5.41) is 11.8. The summed E-state index contributed by atoms with van der Waals surface area (Å²) in [4.78, 5) is 28.6. The summed E-state index contributed by atoms with van der Waals surface area (Å²) in [6.45, 7) is 0.486. The Morgan fingerprint density at radius 3 is 2.88 bits per heavy atom. The Bertz CT molecular complexity index is 465. The highest BCUT2D eigenvalue weighted by molar-refractivity contribution is 5.68. The fraction of sp³-hybridized carbons (Fsp3) is 0.545. The Labute approximate surface area is 98.1 Å². The second kappa shape index (κ2) is 4.57. The van der Waals surface area contributed by atoms with Crippen LogP contribution in [0.25, 0.3) is 0 Å². The molecule has 6 nitrogen and oxygen atoms in total. The molecule has 1 aromatic rings. The minimum Gasteiger partial charge on any atom is -0.481 e. The number of aromatic nitrogens is 2. The van der Waals surface area contributed by atoms with Gasteiger partial charge < -0.3 is 15.4 Å². The number of carboxylic acids is 1. The summed E-state index contributed by atoms with van der Waals surface area (Å²) in [6.07, 6.45) is 5.92. The van der Waals surface area contributed by atoms with Gasteiger partial charge in [-0.15, -0.1) is 0 Å². The molecule has 3 N–H and O–H groups in total. The van der Waals surface area contributed by atoms with Crippen molar-refractivity contribution in [2.45, 2.75) is 25.7 Å². The lowest BCUT2D eigenvalue weighted by molar-refractivity contribution is -0.141. The van der Waals surface area contributed by atoms with E-state index in [0.717, 1.165) is 19.3 Å². The fourth-order valence-corrected chi connectivity index (χ4v) is 2.16. The predicted octanol–water partition coefficient (Wildman–Crippen LogP) is 0.827. The lowest BCUT2D eigenvalue weighted by atomic mass is 9.66. The van der Waals surface area contributed by atoms with E-state index in [-0.39, 0.29) is 23.2 Å². The van der Waals surface area contributed by atoms with Crippen molar-refractivity contribution in [1.29, 1.82) is 0 Å². The van der Waals surface area contributed by atoms with Crippen molar-refractivity contribution >= 4 is 11.8 Å². The SMILES string of the molecule is O=C(O)CC1(CNc2ncc[nH]c2=O)CCC1. The van der Waals surface area contributed by atoms with E-state index >= 15 is 0 Å². The number of carbonyl (C=O) groups is 1. The summed E-state index contributed by atoms with van der Waals surface area (Å²) in [7, 11) is 0. The zero-order valence-corrected chi connectivity index (χ0v) is 9.40. The average molecular weight is 237 g/mol. The van der Waals surface area contributed by atoms with Gasteiger partial charge in [0.1, 0.15) is 0 Å². The van der Waals surface area contributed by atoms with Gasteiger partial charge in [0.2, 0.25) is 0 Å². The van der Waals surface area contributed by atoms with Gasteiger partial charge in [0, 0.05) is 18.9 Å². The van der Waals surface area contributed by atoms with Gasteiger partial charge in [0.05, 0.1) is 6.42 Å². The molecule has 0 atom stereocenters. The van der Waals surface area contributed by atoms with Crippen LogP contribution in [0, 0.1) is 5.41 Å². The Hall–Kier alpha value is -1.85. The van der Waals surface area contributed by atoms with Crippen molar-refractivity contribution in [3.05, 3.63) is 22.7 Å². The molecule has 6 heteroatoms. The third kappa shape index (κ3) is 2.64. The van der Waals surface area contributed by atoms with E-state index in [4.69, 9.17) is 5.11 Å². The molecule has 0 amide bonds. The van der Waals surface area contributed by atoms with Gasteiger partial charge in [0.25, 0.3) is 5.56 Å². The summed E-state index contributed by atoms with van der Waals surface area (Å²) in [5.74, 6) is -0.536. The molecule has 0 radical (unpaired) electrons. The summed E-state index contributed by atoms with van der Waals surface area (Å²) in [5.41, 5.74) is -0.493. The highest BCUT2D eigenvalue weighted by atomic mass is 16.4. The predicted molar refractivity (Wildman–Crippen MR) is 61.9 cm³/mol. The van der Waals surface area contributed by atoms with Gasteiger partial charge in [-0.05, 0) is 18.3 Å². The van der Waals surface area contributed by atoms with Gasteiger partial charge >= 0.3 is 5.97 Å². The number of hydrogen-bond donors (Lipinski definition) is 3. The van der Waals surface area contributed by atoms with E-state index in [1.54, 1.807) is 0 Å². The summed E-state index contributed by atoms with van der Waals surface area (Å²) in [6, 6.07) is 0. The van der Waals surface area contributed by atoms with Crippen molar-refractivity contribution in [1.82, 2.24) is 9.97 Å². The lowest BCUT2D eigenvalue weighted by Crippen LogP contribution is -2.39. The van der Waals surface area contributed by atoms with Crippen molar-refractivity contribution in [3.8, 4) is 0 Å². The van der Waals surface area contributed by atoms with E-state index in [9.17, 15) is 9.59 Å².